The van der Waals surface area contributed by atoms with E-state index in [1.807, 2.05) is 11.6 Å². The molecule has 0 bridgehead atoms. The minimum Gasteiger partial charge on any atom is -0.408 e. The van der Waals surface area contributed by atoms with Crippen LogP contribution >= 0.6 is 0 Å². The van der Waals surface area contributed by atoms with Crippen LogP contribution in [0.2, 0.25) is 0 Å². The van der Waals surface area contributed by atoms with Gasteiger partial charge >= 0.3 is 11.8 Å². The van der Waals surface area contributed by atoms with Gasteiger partial charge in [0, 0.05) is 12.7 Å². The first-order valence-corrected chi connectivity index (χ1v) is 8.75. The van der Waals surface area contributed by atoms with Gasteiger partial charge in [-0.05, 0) is 37.3 Å². The first kappa shape index (κ1) is 16.8. The molecule has 3 rings (SSSR count). The number of aromatic nitrogens is 1. The van der Waals surface area contributed by atoms with Gasteiger partial charge in [0.1, 0.15) is 0 Å². The van der Waals surface area contributed by atoms with E-state index in [4.69, 9.17) is 4.42 Å². The predicted molar refractivity (Wildman–Crippen MR) is 92.0 cm³/mol. The largest absolute Gasteiger partial charge is 0.419 e. The van der Waals surface area contributed by atoms with Crippen LogP contribution in [0.4, 0.5) is 10.5 Å². The average molecular weight is 361 g/mol. The van der Waals surface area contributed by atoms with Gasteiger partial charge in [0.2, 0.25) is 0 Å². The SMILES string of the molecule is Cc1ccc(S(=O)(=O)NC(=O)Nc2ccc3oc(=O)n(C)c3c2)cc1. The van der Waals surface area contributed by atoms with Gasteiger partial charge < -0.3 is 9.73 Å². The summed E-state index contributed by atoms with van der Waals surface area (Å²) >= 11 is 0. The smallest absolute Gasteiger partial charge is 0.408 e. The maximum atomic E-state index is 12.2. The first-order valence-electron chi connectivity index (χ1n) is 7.26. The molecular weight excluding hydrogens is 346 g/mol. The Hall–Kier alpha value is -3.07. The molecule has 0 spiro atoms. The summed E-state index contributed by atoms with van der Waals surface area (Å²) in [6, 6.07) is 9.73. The van der Waals surface area contributed by atoms with Gasteiger partial charge in [0.05, 0.1) is 10.4 Å². The average Bonchev–Trinajstić information content (AvgIpc) is 2.82. The lowest BCUT2D eigenvalue weighted by Crippen LogP contribution is -2.34. The van der Waals surface area contributed by atoms with E-state index in [0.29, 0.717) is 16.8 Å². The van der Waals surface area contributed by atoms with E-state index < -0.39 is 21.8 Å². The van der Waals surface area contributed by atoms with E-state index >= 15 is 0 Å². The molecule has 8 nitrogen and oxygen atoms in total. The second kappa shape index (κ2) is 6.10. The van der Waals surface area contributed by atoms with Crippen LogP contribution in [0.15, 0.2) is 56.6 Å². The molecule has 2 N–H and O–H groups in total. The summed E-state index contributed by atoms with van der Waals surface area (Å²) < 4.78 is 32.6. The zero-order valence-corrected chi connectivity index (χ0v) is 14.3. The van der Waals surface area contributed by atoms with Crippen molar-refractivity contribution in [2.75, 3.05) is 5.32 Å². The normalized spacial score (nSPS) is 11.4. The number of carbonyl (C=O) groups excluding carboxylic acids is 1. The van der Waals surface area contributed by atoms with Crippen molar-refractivity contribution in [1.82, 2.24) is 9.29 Å². The fraction of sp³-hybridized carbons (Fsp3) is 0.125. The van der Waals surface area contributed by atoms with Crippen molar-refractivity contribution in [2.45, 2.75) is 11.8 Å². The summed E-state index contributed by atoms with van der Waals surface area (Å²) in [7, 11) is -2.45. The first-order chi connectivity index (χ1) is 11.8. The summed E-state index contributed by atoms with van der Waals surface area (Å²) in [5.74, 6) is -0.529. The van der Waals surface area contributed by atoms with Crippen molar-refractivity contribution in [3.8, 4) is 0 Å². The third-order valence-electron chi connectivity index (χ3n) is 3.61. The van der Waals surface area contributed by atoms with Crippen LogP contribution in [-0.2, 0) is 17.1 Å². The molecule has 0 saturated heterocycles. The molecule has 0 atom stereocenters. The number of anilines is 1. The molecule has 1 heterocycles. The molecular formula is C16H15N3O5S. The topological polar surface area (TPSA) is 110 Å². The van der Waals surface area contributed by atoms with Crippen molar-refractivity contribution in [1.29, 1.82) is 0 Å². The minimum absolute atomic E-state index is 0.0130. The van der Waals surface area contributed by atoms with Crippen molar-refractivity contribution in [3.05, 3.63) is 58.6 Å². The van der Waals surface area contributed by atoms with Crippen molar-refractivity contribution < 1.29 is 17.6 Å². The summed E-state index contributed by atoms with van der Waals surface area (Å²) in [5.41, 5.74) is 2.07. The number of urea groups is 1. The molecule has 2 aromatic carbocycles. The molecule has 25 heavy (non-hydrogen) atoms. The summed E-state index contributed by atoms with van der Waals surface area (Å²) in [4.78, 5) is 23.4. The maximum absolute atomic E-state index is 12.2. The molecule has 0 saturated carbocycles. The predicted octanol–water partition coefficient (Wildman–Crippen LogP) is 1.95. The minimum atomic E-state index is -3.98. The number of nitrogens with one attached hydrogen (secondary N) is 2. The molecule has 130 valence electrons. The number of fused-ring (bicyclic) bond motifs is 1. The van der Waals surface area contributed by atoms with E-state index in [1.54, 1.807) is 12.1 Å². The van der Waals surface area contributed by atoms with E-state index in [-0.39, 0.29) is 4.90 Å². The molecule has 0 unspecified atom stereocenters. The standard InChI is InChI=1S/C16H15N3O5S/c1-10-3-6-12(7-4-10)25(22,23)18-15(20)17-11-5-8-14-13(9-11)19(2)16(21)24-14/h3-9H,1-2H3,(H2,17,18,20). The van der Waals surface area contributed by atoms with Crippen LogP contribution in [0, 0.1) is 6.92 Å². The highest BCUT2D eigenvalue weighted by molar-refractivity contribution is 7.90. The van der Waals surface area contributed by atoms with Crippen LogP contribution in [0.1, 0.15) is 5.56 Å². The van der Waals surface area contributed by atoms with Crippen LogP contribution in [-0.4, -0.2) is 19.0 Å². The highest BCUT2D eigenvalue weighted by atomic mass is 32.2. The zero-order valence-electron chi connectivity index (χ0n) is 13.4. The van der Waals surface area contributed by atoms with E-state index in [9.17, 15) is 18.0 Å². The summed E-state index contributed by atoms with van der Waals surface area (Å²) in [5, 5.41) is 2.42. The van der Waals surface area contributed by atoms with E-state index in [1.165, 1.54) is 41.9 Å². The summed E-state index contributed by atoms with van der Waals surface area (Å²) in [6.45, 7) is 1.83. The van der Waals surface area contributed by atoms with Crippen molar-refractivity contribution in [2.24, 2.45) is 7.05 Å². The number of benzene rings is 2. The Kier molecular flexibility index (Phi) is 4.09. The van der Waals surface area contributed by atoms with Crippen molar-refractivity contribution >= 4 is 32.8 Å². The molecule has 1 aromatic heterocycles. The lowest BCUT2D eigenvalue weighted by Gasteiger charge is -2.09. The van der Waals surface area contributed by atoms with E-state index in [0.717, 1.165) is 5.56 Å². The molecule has 0 aliphatic carbocycles. The van der Waals surface area contributed by atoms with E-state index in [2.05, 4.69) is 5.32 Å². The highest BCUT2D eigenvalue weighted by Crippen LogP contribution is 2.18. The Morgan fingerprint density at radius 2 is 1.80 bits per heavy atom. The van der Waals surface area contributed by atoms with Gasteiger partial charge in [0.25, 0.3) is 10.0 Å². The fourth-order valence-electron chi connectivity index (χ4n) is 2.26. The number of nitrogens with zero attached hydrogens (tertiary/aromatic N) is 1. The molecule has 2 amide bonds. The Balaban J connectivity index is 1.79. The fourth-order valence-corrected chi connectivity index (χ4v) is 3.17. The lowest BCUT2D eigenvalue weighted by molar-refractivity contribution is 0.256. The Bertz CT molecular complexity index is 1110. The third-order valence-corrected chi connectivity index (χ3v) is 4.95. The van der Waals surface area contributed by atoms with Crippen LogP contribution < -0.4 is 15.8 Å². The number of carbonyl (C=O) groups is 1. The van der Waals surface area contributed by atoms with Crippen LogP contribution in [0.3, 0.4) is 0 Å². The number of aryl methyl sites for hydroxylation is 2. The van der Waals surface area contributed by atoms with Crippen LogP contribution in [0.25, 0.3) is 11.1 Å². The van der Waals surface area contributed by atoms with Gasteiger partial charge in [-0.15, -0.1) is 0 Å². The number of sulfonamides is 1. The second-order valence-corrected chi connectivity index (χ2v) is 7.16. The quantitative estimate of drug-likeness (QED) is 0.741. The molecule has 0 aliphatic heterocycles. The number of oxazole rings is 1. The monoisotopic (exact) mass is 361 g/mol. The Labute approximate surface area is 143 Å². The van der Waals surface area contributed by atoms with Crippen molar-refractivity contribution in [3.63, 3.8) is 0 Å². The van der Waals surface area contributed by atoms with Gasteiger partial charge in [-0.2, -0.15) is 0 Å². The number of amides is 2. The number of rotatable bonds is 3. The van der Waals surface area contributed by atoms with Gasteiger partial charge in [-0.1, -0.05) is 17.7 Å². The van der Waals surface area contributed by atoms with Gasteiger partial charge in [0.15, 0.2) is 5.58 Å². The van der Waals surface area contributed by atoms with Crippen LogP contribution in [0.5, 0.6) is 0 Å². The molecule has 3 aromatic rings. The maximum Gasteiger partial charge on any atom is 0.419 e. The number of hydrogen-bond acceptors (Lipinski definition) is 5. The highest BCUT2D eigenvalue weighted by Gasteiger charge is 2.17. The molecule has 0 radical (unpaired) electrons. The lowest BCUT2D eigenvalue weighted by atomic mass is 10.2. The van der Waals surface area contributed by atoms with Gasteiger partial charge in [-0.3, -0.25) is 4.57 Å². The third kappa shape index (κ3) is 3.41. The molecule has 9 heteroatoms. The summed E-state index contributed by atoms with van der Waals surface area (Å²) in [6.07, 6.45) is 0. The Morgan fingerprint density at radius 3 is 2.48 bits per heavy atom. The second-order valence-electron chi connectivity index (χ2n) is 5.48. The molecule has 0 fully saturated rings. The Morgan fingerprint density at radius 1 is 1.12 bits per heavy atom. The number of hydrogen-bond donors (Lipinski definition) is 2. The molecule has 0 aliphatic rings. The van der Waals surface area contributed by atoms with Gasteiger partial charge in [-0.25, -0.2) is 22.7 Å². The zero-order chi connectivity index (χ0) is 18.2.